The lowest BCUT2D eigenvalue weighted by molar-refractivity contribution is -0.142. The van der Waals surface area contributed by atoms with E-state index in [0.717, 1.165) is 51.4 Å². The highest BCUT2D eigenvalue weighted by molar-refractivity contribution is 5.71. The molecule has 30 heavy (non-hydrogen) atoms. The Bertz CT molecular complexity index is 525. The quantitative estimate of drug-likeness (QED) is 0.164. The van der Waals surface area contributed by atoms with Crippen LogP contribution in [0.15, 0.2) is 72.9 Å². The molecule has 3 heteroatoms. The molecule has 0 rings (SSSR count). The number of nitrogens with one attached hydrogen (secondary N) is 1. The Morgan fingerprint density at radius 3 is 1.40 bits per heavy atom. The molecule has 0 aliphatic carbocycles. The highest BCUT2D eigenvalue weighted by Gasteiger charge is 1.97. The minimum atomic E-state index is -0.136. The molecule has 0 saturated carbocycles. The van der Waals surface area contributed by atoms with Crippen molar-refractivity contribution >= 4 is 5.97 Å². The molecule has 0 atom stereocenters. The molecule has 0 heterocycles. The summed E-state index contributed by atoms with van der Waals surface area (Å²) >= 11 is 0. The molecule has 0 aliphatic heterocycles. The number of unbranched alkanes of at least 4 members (excludes halogenated alkanes) is 1. The van der Waals surface area contributed by atoms with E-state index in [4.69, 9.17) is 4.74 Å². The number of hydrogen-bond donors (Lipinski definition) is 1. The zero-order valence-corrected chi connectivity index (χ0v) is 19.8. The Morgan fingerprint density at radius 1 is 0.667 bits per heavy atom. The Labute approximate surface area is 186 Å². The average molecular weight is 416 g/mol. The summed E-state index contributed by atoms with van der Waals surface area (Å²) in [6.07, 6.45) is 34.1. The molecule has 0 fully saturated rings. The fourth-order valence-electron chi connectivity index (χ4n) is 2.09. The van der Waals surface area contributed by atoms with Crippen molar-refractivity contribution in [2.24, 2.45) is 0 Å². The standard InChI is InChI=1S/C25H38O2.C2H7N/c1-3-5-7-8-9-10-11-12-13-14-15-16-17-18-19-20-21-22-23-25(26)27-24-6-4-2;1-3-2/h5,7,9-10,12-13,15-16,18-19,21-22H,3-4,6,8,11,14,17,20,23-24H2,1-2H3;3H,1-2H3/b7-5-,10-9-,13-12-,16-15-,19-18-,22-21-;. The molecule has 0 aromatic carbocycles. The summed E-state index contributed by atoms with van der Waals surface area (Å²) in [5, 5.41) is 2.75. The van der Waals surface area contributed by atoms with Gasteiger partial charge in [-0.2, -0.15) is 0 Å². The monoisotopic (exact) mass is 415 g/mol. The summed E-state index contributed by atoms with van der Waals surface area (Å²) in [7, 11) is 3.75. The van der Waals surface area contributed by atoms with E-state index in [9.17, 15) is 4.79 Å². The minimum absolute atomic E-state index is 0.136. The maximum atomic E-state index is 11.4. The van der Waals surface area contributed by atoms with Crippen LogP contribution in [0.5, 0.6) is 0 Å². The topological polar surface area (TPSA) is 38.3 Å². The Kier molecular flexibility index (Phi) is 29.1. The van der Waals surface area contributed by atoms with Crippen LogP contribution in [0.3, 0.4) is 0 Å². The summed E-state index contributed by atoms with van der Waals surface area (Å²) in [4.78, 5) is 11.4. The molecule has 0 aromatic rings. The van der Waals surface area contributed by atoms with Gasteiger partial charge in [0.15, 0.2) is 0 Å². The lowest BCUT2D eigenvalue weighted by Gasteiger charge is -2.00. The van der Waals surface area contributed by atoms with Crippen LogP contribution in [0.4, 0.5) is 0 Å². The predicted octanol–water partition coefficient (Wildman–Crippen LogP) is 7.25. The van der Waals surface area contributed by atoms with Crippen LogP contribution in [0, 0.1) is 0 Å². The van der Waals surface area contributed by atoms with Gasteiger partial charge in [0.1, 0.15) is 0 Å². The largest absolute Gasteiger partial charge is 0.465 e. The van der Waals surface area contributed by atoms with E-state index in [1.165, 1.54) is 0 Å². The van der Waals surface area contributed by atoms with E-state index >= 15 is 0 Å². The van der Waals surface area contributed by atoms with Gasteiger partial charge in [-0.05, 0) is 59.0 Å². The van der Waals surface area contributed by atoms with Gasteiger partial charge in [-0.25, -0.2) is 0 Å². The summed E-state index contributed by atoms with van der Waals surface area (Å²) in [5.74, 6) is -0.136. The first kappa shape index (κ1) is 30.1. The zero-order valence-electron chi connectivity index (χ0n) is 19.8. The van der Waals surface area contributed by atoms with E-state index in [2.05, 4.69) is 79.9 Å². The van der Waals surface area contributed by atoms with Crippen molar-refractivity contribution in [1.82, 2.24) is 5.32 Å². The van der Waals surface area contributed by atoms with Gasteiger partial charge in [-0.1, -0.05) is 93.2 Å². The Balaban J connectivity index is 0. The lowest BCUT2D eigenvalue weighted by atomic mass is 10.2. The predicted molar refractivity (Wildman–Crippen MR) is 134 cm³/mol. The summed E-state index contributed by atoms with van der Waals surface area (Å²) in [6.45, 7) is 4.77. The van der Waals surface area contributed by atoms with Crippen molar-refractivity contribution < 1.29 is 9.53 Å². The van der Waals surface area contributed by atoms with E-state index in [1.807, 2.05) is 26.2 Å². The molecule has 0 aliphatic rings. The van der Waals surface area contributed by atoms with Gasteiger partial charge in [0.2, 0.25) is 0 Å². The maximum absolute atomic E-state index is 11.4. The van der Waals surface area contributed by atoms with Crippen LogP contribution in [0.2, 0.25) is 0 Å². The first-order valence-corrected chi connectivity index (χ1v) is 11.4. The van der Waals surface area contributed by atoms with Gasteiger partial charge >= 0.3 is 5.97 Å². The molecular formula is C27H45NO2. The van der Waals surface area contributed by atoms with Gasteiger partial charge in [0.05, 0.1) is 13.0 Å². The van der Waals surface area contributed by atoms with E-state index < -0.39 is 0 Å². The Morgan fingerprint density at radius 2 is 1.03 bits per heavy atom. The fourth-order valence-corrected chi connectivity index (χ4v) is 2.09. The molecule has 0 spiro atoms. The van der Waals surface area contributed by atoms with Crippen LogP contribution < -0.4 is 5.32 Å². The van der Waals surface area contributed by atoms with Crippen molar-refractivity contribution in [3.8, 4) is 0 Å². The molecule has 0 saturated heterocycles. The summed E-state index contributed by atoms with van der Waals surface area (Å²) in [5.41, 5.74) is 0. The first-order chi connectivity index (χ1) is 14.7. The Hall–Kier alpha value is -2.13. The van der Waals surface area contributed by atoms with E-state index in [0.29, 0.717) is 13.0 Å². The second-order valence-electron chi connectivity index (χ2n) is 6.69. The molecule has 170 valence electrons. The molecule has 0 bridgehead atoms. The summed E-state index contributed by atoms with van der Waals surface area (Å²) < 4.78 is 5.09. The number of rotatable bonds is 16. The van der Waals surface area contributed by atoms with Gasteiger partial charge in [-0.3, -0.25) is 4.79 Å². The van der Waals surface area contributed by atoms with Gasteiger partial charge < -0.3 is 10.1 Å². The third-order valence-electron chi connectivity index (χ3n) is 3.64. The number of carbonyl (C=O) groups excluding carboxylic acids is 1. The maximum Gasteiger partial charge on any atom is 0.309 e. The SMILES string of the molecule is CC/C=C\C/C=C\C/C=C\C/C=C\C/C=C\C/C=C\CC(=O)OCCCC.CNC. The van der Waals surface area contributed by atoms with Crippen molar-refractivity contribution in [2.75, 3.05) is 20.7 Å². The highest BCUT2D eigenvalue weighted by atomic mass is 16.5. The normalized spacial score (nSPS) is 12.1. The van der Waals surface area contributed by atoms with Crippen molar-refractivity contribution in [2.45, 2.75) is 71.6 Å². The molecule has 3 nitrogen and oxygen atoms in total. The van der Waals surface area contributed by atoms with Crippen LogP contribution >= 0.6 is 0 Å². The van der Waals surface area contributed by atoms with Crippen LogP contribution in [0.25, 0.3) is 0 Å². The van der Waals surface area contributed by atoms with Crippen molar-refractivity contribution in [3.05, 3.63) is 72.9 Å². The van der Waals surface area contributed by atoms with Gasteiger partial charge in [0, 0.05) is 0 Å². The lowest BCUT2D eigenvalue weighted by Crippen LogP contribution is -2.03. The molecule has 0 radical (unpaired) electrons. The van der Waals surface area contributed by atoms with Gasteiger partial charge in [-0.15, -0.1) is 0 Å². The van der Waals surface area contributed by atoms with E-state index in [-0.39, 0.29) is 5.97 Å². The number of hydrogen-bond acceptors (Lipinski definition) is 3. The van der Waals surface area contributed by atoms with Crippen LogP contribution in [0.1, 0.15) is 71.6 Å². The fraction of sp³-hybridized carbons (Fsp3) is 0.519. The molecule has 0 aromatic heterocycles. The van der Waals surface area contributed by atoms with Crippen molar-refractivity contribution in [3.63, 3.8) is 0 Å². The van der Waals surface area contributed by atoms with Crippen LogP contribution in [-0.4, -0.2) is 26.7 Å². The van der Waals surface area contributed by atoms with Gasteiger partial charge in [0.25, 0.3) is 0 Å². The summed E-state index contributed by atoms with van der Waals surface area (Å²) in [6, 6.07) is 0. The molecule has 0 unspecified atom stereocenters. The molecular weight excluding hydrogens is 370 g/mol. The van der Waals surface area contributed by atoms with Crippen LogP contribution in [-0.2, 0) is 9.53 Å². The third kappa shape index (κ3) is 30.6. The second kappa shape index (κ2) is 29.1. The molecule has 0 amide bonds. The first-order valence-electron chi connectivity index (χ1n) is 11.4. The number of carbonyl (C=O) groups is 1. The molecule has 1 N–H and O–H groups in total. The second-order valence-corrected chi connectivity index (χ2v) is 6.69. The number of allylic oxidation sites excluding steroid dienone is 11. The minimum Gasteiger partial charge on any atom is -0.465 e. The average Bonchev–Trinajstić information content (AvgIpc) is 2.73. The third-order valence-corrected chi connectivity index (χ3v) is 3.64. The van der Waals surface area contributed by atoms with E-state index in [1.54, 1.807) is 0 Å². The number of ether oxygens (including phenoxy) is 1. The smallest absolute Gasteiger partial charge is 0.309 e. The highest BCUT2D eigenvalue weighted by Crippen LogP contribution is 1.98. The van der Waals surface area contributed by atoms with Crippen molar-refractivity contribution in [1.29, 1.82) is 0 Å². The zero-order chi connectivity index (χ0) is 22.5. The number of esters is 1.